The van der Waals surface area contributed by atoms with E-state index >= 15 is 0 Å². The molecule has 2 aromatic heterocycles. The van der Waals surface area contributed by atoms with Gasteiger partial charge in [0.05, 0.1) is 12.3 Å². The summed E-state index contributed by atoms with van der Waals surface area (Å²) in [5.74, 6) is 1.26. The topological polar surface area (TPSA) is 39.4 Å². The van der Waals surface area contributed by atoms with E-state index in [0.29, 0.717) is 5.92 Å². The van der Waals surface area contributed by atoms with Crippen molar-refractivity contribution in [3.05, 3.63) is 28.8 Å². The largest absolute Gasteiger partial charge is 0.381 e. The van der Waals surface area contributed by atoms with Gasteiger partial charge >= 0.3 is 0 Å². The van der Waals surface area contributed by atoms with E-state index in [2.05, 4.69) is 34.3 Å². The van der Waals surface area contributed by atoms with Crippen LogP contribution in [-0.4, -0.2) is 27.6 Å². The Morgan fingerprint density at radius 1 is 1.29 bits per heavy atom. The lowest BCUT2D eigenvalue weighted by molar-refractivity contribution is 0.193. The first-order valence-corrected chi connectivity index (χ1v) is 6.08. The molecule has 1 fully saturated rings. The zero-order valence-electron chi connectivity index (χ0n) is 10.5. The molecule has 4 nitrogen and oxygen atoms in total. The Balaban J connectivity index is 2.20. The molecule has 1 unspecified atom stereocenters. The highest BCUT2D eigenvalue weighted by molar-refractivity contribution is 5.40. The van der Waals surface area contributed by atoms with Gasteiger partial charge in [-0.3, -0.25) is 4.40 Å². The van der Waals surface area contributed by atoms with Crippen LogP contribution in [0.4, 0.5) is 0 Å². The molecule has 1 atom stereocenters. The lowest BCUT2D eigenvalue weighted by atomic mass is 10.0. The summed E-state index contributed by atoms with van der Waals surface area (Å²) in [5.41, 5.74) is 4.58. The standard InChI is InChI=1S/C13H17N3O/c1-8-6-9(2)16-10(3)12(15-13(16)14-8)11-4-5-17-7-11/h6,11H,4-5,7H2,1-3H3. The molecule has 90 valence electrons. The lowest BCUT2D eigenvalue weighted by Crippen LogP contribution is -2.01. The minimum atomic E-state index is 0.441. The van der Waals surface area contributed by atoms with E-state index in [4.69, 9.17) is 4.74 Å². The predicted octanol–water partition coefficient (Wildman–Crippen LogP) is 2.16. The predicted molar refractivity (Wildman–Crippen MR) is 65.4 cm³/mol. The molecule has 0 saturated carbocycles. The molecule has 0 radical (unpaired) electrons. The maximum absolute atomic E-state index is 5.45. The Morgan fingerprint density at radius 3 is 2.82 bits per heavy atom. The quantitative estimate of drug-likeness (QED) is 0.755. The molecule has 0 amide bonds. The molecule has 1 saturated heterocycles. The van der Waals surface area contributed by atoms with Gasteiger partial charge in [0.15, 0.2) is 0 Å². The monoisotopic (exact) mass is 231 g/mol. The minimum absolute atomic E-state index is 0.441. The number of hydrogen-bond acceptors (Lipinski definition) is 3. The van der Waals surface area contributed by atoms with Crippen molar-refractivity contribution in [2.24, 2.45) is 0 Å². The molecule has 17 heavy (non-hydrogen) atoms. The summed E-state index contributed by atoms with van der Waals surface area (Å²) in [5, 5.41) is 0. The Bertz CT molecular complexity index is 568. The fourth-order valence-electron chi connectivity index (χ4n) is 2.69. The van der Waals surface area contributed by atoms with E-state index in [0.717, 1.165) is 36.8 Å². The highest BCUT2D eigenvalue weighted by Crippen LogP contribution is 2.28. The number of aromatic nitrogens is 3. The molecule has 4 heteroatoms. The molecule has 0 spiro atoms. The minimum Gasteiger partial charge on any atom is -0.381 e. The molecule has 3 rings (SSSR count). The van der Waals surface area contributed by atoms with Gasteiger partial charge in [-0.15, -0.1) is 0 Å². The Hall–Kier alpha value is -1.42. The number of fused-ring (bicyclic) bond motifs is 1. The number of hydrogen-bond donors (Lipinski definition) is 0. The molecule has 1 aliphatic rings. The second-order valence-electron chi connectivity index (χ2n) is 4.82. The zero-order valence-corrected chi connectivity index (χ0v) is 10.5. The molecule has 0 N–H and O–H groups in total. The molecule has 3 heterocycles. The van der Waals surface area contributed by atoms with Crippen LogP contribution in [0.15, 0.2) is 6.07 Å². The van der Waals surface area contributed by atoms with Crippen LogP contribution in [0.5, 0.6) is 0 Å². The van der Waals surface area contributed by atoms with Crippen molar-refractivity contribution in [3.8, 4) is 0 Å². The van der Waals surface area contributed by atoms with E-state index in [1.54, 1.807) is 0 Å². The maximum atomic E-state index is 5.45. The second-order valence-corrected chi connectivity index (χ2v) is 4.82. The zero-order chi connectivity index (χ0) is 12.0. The van der Waals surface area contributed by atoms with Gasteiger partial charge in [0.1, 0.15) is 0 Å². The van der Waals surface area contributed by atoms with E-state index in [-0.39, 0.29) is 0 Å². The molecule has 0 aromatic carbocycles. The summed E-state index contributed by atoms with van der Waals surface area (Å²) < 4.78 is 7.59. The van der Waals surface area contributed by atoms with Crippen LogP contribution >= 0.6 is 0 Å². The molecule has 2 aromatic rings. The fourth-order valence-corrected chi connectivity index (χ4v) is 2.69. The van der Waals surface area contributed by atoms with Crippen molar-refractivity contribution in [2.75, 3.05) is 13.2 Å². The highest BCUT2D eigenvalue weighted by Gasteiger charge is 2.24. The van der Waals surface area contributed by atoms with E-state index in [1.165, 1.54) is 11.4 Å². The van der Waals surface area contributed by atoms with Gasteiger partial charge in [-0.25, -0.2) is 9.97 Å². The van der Waals surface area contributed by atoms with Gasteiger partial charge in [0.25, 0.3) is 0 Å². The van der Waals surface area contributed by atoms with Crippen LogP contribution in [0.2, 0.25) is 0 Å². The van der Waals surface area contributed by atoms with Crippen LogP contribution in [0.25, 0.3) is 5.78 Å². The van der Waals surface area contributed by atoms with E-state index in [9.17, 15) is 0 Å². The first-order valence-electron chi connectivity index (χ1n) is 6.08. The van der Waals surface area contributed by atoms with Crippen molar-refractivity contribution in [1.82, 2.24) is 14.4 Å². The van der Waals surface area contributed by atoms with Crippen molar-refractivity contribution >= 4 is 5.78 Å². The number of aryl methyl sites for hydroxylation is 3. The van der Waals surface area contributed by atoms with Gasteiger partial charge in [-0.1, -0.05) is 0 Å². The second kappa shape index (κ2) is 3.81. The summed E-state index contributed by atoms with van der Waals surface area (Å²) >= 11 is 0. The molecule has 0 aliphatic carbocycles. The fraction of sp³-hybridized carbons (Fsp3) is 0.538. The van der Waals surface area contributed by atoms with E-state index in [1.807, 2.05) is 6.92 Å². The number of ether oxygens (including phenoxy) is 1. The Kier molecular flexibility index (Phi) is 2.40. The summed E-state index contributed by atoms with van der Waals surface area (Å²) in [6, 6.07) is 2.09. The van der Waals surface area contributed by atoms with Gasteiger partial charge in [0.2, 0.25) is 5.78 Å². The van der Waals surface area contributed by atoms with Crippen LogP contribution in [0, 0.1) is 20.8 Å². The molecule has 0 bridgehead atoms. The van der Waals surface area contributed by atoms with Crippen molar-refractivity contribution < 1.29 is 4.74 Å². The lowest BCUT2D eigenvalue weighted by Gasteiger charge is -2.06. The number of nitrogens with zero attached hydrogens (tertiary/aromatic N) is 3. The van der Waals surface area contributed by atoms with Gasteiger partial charge in [0, 0.05) is 29.6 Å². The van der Waals surface area contributed by atoms with Crippen molar-refractivity contribution in [3.63, 3.8) is 0 Å². The highest BCUT2D eigenvalue weighted by atomic mass is 16.5. The third-order valence-corrected chi connectivity index (χ3v) is 3.49. The van der Waals surface area contributed by atoms with Crippen LogP contribution < -0.4 is 0 Å². The summed E-state index contributed by atoms with van der Waals surface area (Å²) in [7, 11) is 0. The smallest absolute Gasteiger partial charge is 0.234 e. The van der Waals surface area contributed by atoms with Crippen LogP contribution in [-0.2, 0) is 4.74 Å². The van der Waals surface area contributed by atoms with Crippen molar-refractivity contribution in [2.45, 2.75) is 33.1 Å². The number of imidazole rings is 1. The summed E-state index contributed by atoms with van der Waals surface area (Å²) in [4.78, 5) is 9.19. The van der Waals surface area contributed by atoms with Crippen LogP contribution in [0.1, 0.15) is 35.1 Å². The average Bonchev–Trinajstić information content (AvgIpc) is 2.85. The normalized spacial score (nSPS) is 20.3. The molecule has 1 aliphatic heterocycles. The van der Waals surface area contributed by atoms with Gasteiger partial charge in [-0.2, -0.15) is 0 Å². The third kappa shape index (κ3) is 1.63. The first kappa shape index (κ1) is 10.7. The van der Waals surface area contributed by atoms with Crippen LogP contribution in [0.3, 0.4) is 0 Å². The number of rotatable bonds is 1. The SMILES string of the molecule is Cc1cc(C)n2c(C)c(C3CCOC3)nc2n1. The van der Waals surface area contributed by atoms with Gasteiger partial charge < -0.3 is 4.74 Å². The maximum Gasteiger partial charge on any atom is 0.234 e. The van der Waals surface area contributed by atoms with E-state index < -0.39 is 0 Å². The molecular weight excluding hydrogens is 214 g/mol. The Labute approximate surface area is 101 Å². The summed E-state index contributed by atoms with van der Waals surface area (Å²) in [6.07, 6.45) is 1.07. The molecular formula is C13H17N3O. The summed E-state index contributed by atoms with van der Waals surface area (Å²) in [6.45, 7) is 7.88. The first-order chi connectivity index (χ1) is 8.16. The van der Waals surface area contributed by atoms with Crippen molar-refractivity contribution in [1.29, 1.82) is 0 Å². The Morgan fingerprint density at radius 2 is 2.12 bits per heavy atom. The van der Waals surface area contributed by atoms with Gasteiger partial charge in [-0.05, 0) is 33.3 Å². The average molecular weight is 231 g/mol. The third-order valence-electron chi connectivity index (χ3n) is 3.49.